The summed E-state index contributed by atoms with van der Waals surface area (Å²) in [7, 11) is 1.98. The van der Waals surface area contributed by atoms with Crippen molar-refractivity contribution in [3.8, 4) is 11.1 Å². The molecule has 4 heterocycles. The molecule has 0 bridgehead atoms. The van der Waals surface area contributed by atoms with E-state index in [-0.39, 0.29) is 30.8 Å². The molecule has 4 aromatic rings. The summed E-state index contributed by atoms with van der Waals surface area (Å²) in [5, 5.41) is 2.89. The lowest BCUT2D eigenvalue weighted by atomic mass is 9.98. The molecule has 4 unspecified atom stereocenters. The van der Waals surface area contributed by atoms with Gasteiger partial charge in [0.15, 0.2) is 23.5 Å². The van der Waals surface area contributed by atoms with E-state index in [0.29, 0.717) is 36.6 Å². The predicted molar refractivity (Wildman–Crippen MR) is 158 cm³/mol. The number of carbonyl (C=O) groups excluding carboxylic acids is 1. The Hall–Kier alpha value is -4.10. The van der Waals surface area contributed by atoms with Crippen molar-refractivity contribution < 1.29 is 23.7 Å². The average Bonchev–Trinajstić information content (AvgIpc) is 3.72. The van der Waals surface area contributed by atoms with Crippen molar-refractivity contribution in [1.29, 1.82) is 0 Å². The van der Waals surface area contributed by atoms with E-state index in [9.17, 15) is 4.79 Å². The third kappa shape index (κ3) is 5.10. The number of nitrogens with one attached hydrogen (secondary N) is 1. The van der Waals surface area contributed by atoms with Crippen molar-refractivity contribution in [2.75, 3.05) is 39.0 Å². The fraction of sp³-hybridized carbons (Fsp3) is 0.419. The Kier molecular flexibility index (Phi) is 7.01. The van der Waals surface area contributed by atoms with Gasteiger partial charge in [-0.25, -0.2) is 19.7 Å². The summed E-state index contributed by atoms with van der Waals surface area (Å²) in [5.41, 5.74) is 11.9. The molecule has 2 aromatic heterocycles. The summed E-state index contributed by atoms with van der Waals surface area (Å²) < 4.78 is 26.5. The fourth-order valence-corrected chi connectivity index (χ4v) is 6.48. The van der Waals surface area contributed by atoms with E-state index in [1.165, 1.54) is 28.6 Å². The van der Waals surface area contributed by atoms with Gasteiger partial charge in [0.1, 0.15) is 36.8 Å². The number of nitrogens with zero attached hydrogens (tertiary/aromatic N) is 5. The van der Waals surface area contributed by atoms with Gasteiger partial charge < -0.3 is 34.9 Å². The number of aromatic nitrogens is 4. The van der Waals surface area contributed by atoms with Crippen LogP contribution in [0.15, 0.2) is 61.2 Å². The Morgan fingerprint density at radius 1 is 1.05 bits per heavy atom. The molecule has 0 radical (unpaired) electrons. The highest BCUT2D eigenvalue weighted by Crippen LogP contribution is 2.45. The molecule has 2 fully saturated rings. The van der Waals surface area contributed by atoms with Crippen LogP contribution in [0.5, 0.6) is 0 Å². The van der Waals surface area contributed by atoms with Gasteiger partial charge in [-0.1, -0.05) is 48.5 Å². The van der Waals surface area contributed by atoms with Crippen LogP contribution < -0.4 is 11.1 Å². The lowest BCUT2D eigenvalue weighted by Crippen LogP contribution is -2.41. The molecule has 43 heavy (non-hydrogen) atoms. The second-order valence-electron chi connectivity index (χ2n) is 11.7. The van der Waals surface area contributed by atoms with Crippen molar-refractivity contribution in [1.82, 2.24) is 29.7 Å². The number of imidazole rings is 1. The molecule has 12 heteroatoms. The maximum Gasteiger partial charge on any atom is 0.407 e. The molecule has 3 N–H and O–H groups in total. The van der Waals surface area contributed by atoms with Gasteiger partial charge in [-0.3, -0.25) is 4.57 Å². The maximum absolute atomic E-state index is 12.6. The fourth-order valence-electron chi connectivity index (χ4n) is 6.48. The Morgan fingerprint density at radius 2 is 1.74 bits per heavy atom. The van der Waals surface area contributed by atoms with Gasteiger partial charge in [0.05, 0.1) is 6.33 Å². The maximum atomic E-state index is 12.6. The third-order valence-corrected chi connectivity index (χ3v) is 8.38. The molecule has 7 rings (SSSR count). The second kappa shape index (κ2) is 10.9. The average molecular weight is 586 g/mol. The normalized spacial score (nSPS) is 23.8. The predicted octanol–water partition coefficient (Wildman–Crippen LogP) is 3.30. The number of amides is 1. The number of nitrogen functional groups attached to an aromatic ring is 1. The SMILES string of the molecule is CN(CCNC(=O)OCC1c2ccccc2-c2ccccc21)CC1OC(n2cnc3c(N)ncnc32)C2OC(C)(C)OC12. The van der Waals surface area contributed by atoms with E-state index in [1.807, 2.05) is 49.7 Å². The smallest absolute Gasteiger partial charge is 0.407 e. The molecule has 3 aliphatic rings. The summed E-state index contributed by atoms with van der Waals surface area (Å²) in [5.74, 6) is -0.429. The minimum Gasteiger partial charge on any atom is -0.449 e. The van der Waals surface area contributed by atoms with Crippen LogP contribution >= 0.6 is 0 Å². The van der Waals surface area contributed by atoms with E-state index < -0.39 is 18.1 Å². The van der Waals surface area contributed by atoms with Crippen LogP contribution in [-0.2, 0) is 18.9 Å². The molecule has 0 spiro atoms. The van der Waals surface area contributed by atoms with Crippen molar-refractivity contribution in [3.05, 3.63) is 72.3 Å². The number of fused-ring (bicyclic) bond motifs is 5. The van der Waals surface area contributed by atoms with Crippen molar-refractivity contribution in [2.45, 2.75) is 50.1 Å². The first-order valence-electron chi connectivity index (χ1n) is 14.5. The van der Waals surface area contributed by atoms with Crippen LogP contribution in [0.4, 0.5) is 10.6 Å². The van der Waals surface area contributed by atoms with Gasteiger partial charge in [-0.05, 0) is 43.1 Å². The molecular weight excluding hydrogens is 550 g/mol. The number of ether oxygens (including phenoxy) is 4. The summed E-state index contributed by atoms with van der Waals surface area (Å²) in [6, 6.07) is 16.6. The molecule has 0 saturated carbocycles. The number of alkyl carbamates (subject to hydrolysis) is 1. The van der Waals surface area contributed by atoms with Gasteiger partial charge in [-0.2, -0.15) is 0 Å². The first kappa shape index (κ1) is 27.7. The van der Waals surface area contributed by atoms with Gasteiger partial charge in [-0.15, -0.1) is 0 Å². The van der Waals surface area contributed by atoms with Crippen molar-refractivity contribution in [3.63, 3.8) is 0 Å². The summed E-state index contributed by atoms with van der Waals surface area (Å²) in [6.07, 6.45) is 1.19. The zero-order valence-corrected chi connectivity index (χ0v) is 24.3. The number of rotatable bonds is 8. The largest absolute Gasteiger partial charge is 0.449 e. The molecular formula is C31H35N7O5. The lowest BCUT2D eigenvalue weighted by molar-refractivity contribution is -0.197. The summed E-state index contributed by atoms with van der Waals surface area (Å²) in [4.78, 5) is 27.5. The van der Waals surface area contributed by atoms with E-state index in [0.717, 1.165) is 0 Å². The standard InChI is InChI=1S/C31H35N7O5/c1-31(2)42-25-23(41-29(26(25)43-31)38-17-36-24-27(32)34-16-35-28(24)38)14-37(3)13-12-33-30(39)40-15-22-20-10-6-4-8-18(20)19-9-5-7-11-21(19)22/h4-11,16-17,22-23,25-26,29H,12-15H2,1-3H3,(H,33,39)(H2,32,34,35). The highest BCUT2D eigenvalue weighted by molar-refractivity contribution is 5.81. The van der Waals surface area contributed by atoms with Crippen LogP contribution in [-0.4, -0.2) is 87.9 Å². The Balaban J connectivity index is 0.942. The minimum absolute atomic E-state index is 0.0228. The highest BCUT2D eigenvalue weighted by atomic mass is 16.8. The Morgan fingerprint density at radius 3 is 2.49 bits per heavy atom. The number of benzene rings is 2. The minimum atomic E-state index is -0.760. The summed E-state index contributed by atoms with van der Waals surface area (Å²) in [6.45, 7) is 5.65. The van der Waals surface area contributed by atoms with Crippen LogP contribution in [0.25, 0.3) is 22.3 Å². The first-order valence-corrected chi connectivity index (χ1v) is 14.5. The molecule has 12 nitrogen and oxygen atoms in total. The van der Waals surface area contributed by atoms with E-state index in [2.05, 4.69) is 49.4 Å². The number of hydrogen-bond acceptors (Lipinski definition) is 10. The van der Waals surface area contributed by atoms with E-state index in [1.54, 1.807) is 6.33 Å². The number of anilines is 1. The van der Waals surface area contributed by atoms with Gasteiger partial charge in [0.25, 0.3) is 0 Å². The van der Waals surface area contributed by atoms with Crippen LogP contribution in [0, 0.1) is 0 Å². The Bertz CT molecular complexity index is 1610. The van der Waals surface area contributed by atoms with Crippen LogP contribution in [0.2, 0.25) is 0 Å². The number of likely N-dealkylation sites (N-methyl/N-ethyl adjacent to an activating group) is 1. The molecule has 2 aliphatic heterocycles. The van der Waals surface area contributed by atoms with Gasteiger partial charge >= 0.3 is 6.09 Å². The molecule has 224 valence electrons. The Labute approximate surface area is 249 Å². The molecule has 2 saturated heterocycles. The van der Waals surface area contributed by atoms with Gasteiger partial charge in [0, 0.05) is 25.6 Å². The second-order valence-corrected chi connectivity index (χ2v) is 11.7. The first-order chi connectivity index (χ1) is 20.8. The van der Waals surface area contributed by atoms with Crippen LogP contribution in [0.3, 0.4) is 0 Å². The van der Waals surface area contributed by atoms with Crippen molar-refractivity contribution in [2.24, 2.45) is 0 Å². The lowest BCUT2D eigenvalue weighted by Gasteiger charge is -2.27. The number of hydrogen-bond donors (Lipinski definition) is 2. The number of carbonyl (C=O) groups is 1. The van der Waals surface area contributed by atoms with E-state index >= 15 is 0 Å². The topological polar surface area (TPSA) is 139 Å². The highest BCUT2D eigenvalue weighted by Gasteiger charge is 2.56. The number of nitrogens with two attached hydrogens (primary N) is 1. The zero-order chi connectivity index (χ0) is 29.7. The summed E-state index contributed by atoms with van der Waals surface area (Å²) >= 11 is 0. The van der Waals surface area contributed by atoms with Crippen LogP contribution in [0.1, 0.15) is 37.1 Å². The zero-order valence-electron chi connectivity index (χ0n) is 24.3. The molecule has 1 amide bonds. The third-order valence-electron chi connectivity index (χ3n) is 8.38. The quantitative estimate of drug-likeness (QED) is 0.317. The molecule has 2 aromatic carbocycles. The van der Waals surface area contributed by atoms with Crippen molar-refractivity contribution >= 4 is 23.1 Å². The monoisotopic (exact) mass is 585 g/mol. The molecule has 1 aliphatic carbocycles. The molecule has 4 atom stereocenters. The van der Waals surface area contributed by atoms with E-state index in [4.69, 9.17) is 24.7 Å². The van der Waals surface area contributed by atoms with Gasteiger partial charge in [0.2, 0.25) is 0 Å².